The maximum atomic E-state index is 12.2. The summed E-state index contributed by atoms with van der Waals surface area (Å²) in [5, 5.41) is 0. The second-order valence-corrected chi connectivity index (χ2v) is 26.6. The average molecular weight is 1140 g/mol. The smallest absolute Gasteiger partial charge is 0.327 e. The third-order valence-corrected chi connectivity index (χ3v) is 17.3. The van der Waals surface area contributed by atoms with Crippen LogP contribution >= 0.6 is 0 Å². The maximum absolute atomic E-state index is 12.2. The number of amides is 12. The third-order valence-electron chi connectivity index (χ3n) is 17.3. The van der Waals surface area contributed by atoms with Crippen LogP contribution in [0.2, 0.25) is 0 Å². The largest absolute Gasteiger partial charge is 0.381 e. The van der Waals surface area contributed by atoms with Crippen LogP contribution < -0.4 is 0 Å². The van der Waals surface area contributed by atoms with E-state index in [4.69, 9.17) is 9.47 Å². The van der Waals surface area contributed by atoms with Crippen molar-refractivity contribution >= 4 is 47.8 Å². The Bertz CT molecular complexity index is 1910. The van der Waals surface area contributed by atoms with E-state index < -0.39 is 0 Å². The van der Waals surface area contributed by atoms with Gasteiger partial charge in [0.15, 0.2) is 0 Å². The number of ether oxygens (including phenoxy) is 2. The Labute approximate surface area is 490 Å². The van der Waals surface area contributed by atoms with E-state index in [0.29, 0.717) is 52.4 Å². The molecule has 4 saturated heterocycles. The zero-order valence-corrected chi connectivity index (χ0v) is 53.2. The summed E-state index contributed by atoms with van der Waals surface area (Å²) in [6, 6.07) is -0.538. The molecule has 18 heteroatoms. The minimum atomic E-state index is -0.139. The standard InChI is InChI=1S/C32H58N4O5.C31H56N4O5/c1-7-33-25-27(37)35(29(33)39)21-13-9-17-31(3,4)19-11-15-23-41-24-16-12-20-32(5,6)18-10-14-22-36-28(38)26-34(8-2)30(36)40;1-7-32-24-26(36)34(28(32)38)20-12-9-16-30(3,4)17-10-13-22-40-23-14-11-18-31(5,6)19-15-21-35-27(37)25-33(8-2)29(35)39/h7-26H2,1-6H3;7-25H2,1-6H3. The van der Waals surface area contributed by atoms with Crippen molar-refractivity contribution in [1.82, 2.24) is 39.2 Å². The van der Waals surface area contributed by atoms with Crippen molar-refractivity contribution in [2.75, 3.05) is 105 Å². The average Bonchev–Trinajstić information content (AvgIpc) is 4.07. The molecule has 4 aliphatic heterocycles. The molecule has 4 fully saturated rings. The fraction of sp³-hybridized carbons (Fsp3) is 0.873. The van der Waals surface area contributed by atoms with Crippen LogP contribution in [0.3, 0.4) is 0 Å². The molecule has 0 aromatic rings. The van der Waals surface area contributed by atoms with Crippen molar-refractivity contribution in [3.8, 4) is 0 Å². The van der Waals surface area contributed by atoms with E-state index >= 15 is 0 Å². The second-order valence-electron chi connectivity index (χ2n) is 26.6. The zero-order chi connectivity index (χ0) is 60.2. The molecule has 0 N–H and O–H groups in total. The Kier molecular flexibility index (Phi) is 31.3. The first-order valence-corrected chi connectivity index (χ1v) is 31.8. The normalized spacial score (nSPS) is 16.8. The molecule has 0 atom stereocenters. The number of carbonyl (C=O) groups is 8. The second kappa shape index (κ2) is 35.7. The van der Waals surface area contributed by atoms with Crippen LogP contribution in [0.5, 0.6) is 0 Å². The van der Waals surface area contributed by atoms with Crippen LogP contribution in [0, 0.1) is 21.7 Å². The third kappa shape index (κ3) is 25.6. The minimum Gasteiger partial charge on any atom is -0.381 e. The summed E-state index contributed by atoms with van der Waals surface area (Å²) in [5.74, 6) is -0.263. The molecule has 4 rings (SSSR count). The van der Waals surface area contributed by atoms with Crippen molar-refractivity contribution in [3.63, 3.8) is 0 Å². The fourth-order valence-corrected chi connectivity index (χ4v) is 11.5. The predicted molar refractivity (Wildman–Crippen MR) is 320 cm³/mol. The Hall–Kier alpha value is -4.32. The Morgan fingerprint density at radius 2 is 0.469 bits per heavy atom. The molecule has 0 bridgehead atoms. The number of hydrogen-bond acceptors (Lipinski definition) is 10. The van der Waals surface area contributed by atoms with E-state index in [2.05, 4.69) is 55.4 Å². The molecule has 81 heavy (non-hydrogen) atoms. The van der Waals surface area contributed by atoms with E-state index in [-0.39, 0.29) is 95.6 Å². The van der Waals surface area contributed by atoms with E-state index in [1.54, 1.807) is 19.6 Å². The van der Waals surface area contributed by atoms with Gasteiger partial charge < -0.3 is 29.1 Å². The molecule has 0 saturated carbocycles. The molecule has 0 unspecified atom stereocenters. The van der Waals surface area contributed by atoms with Gasteiger partial charge in [-0.15, -0.1) is 0 Å². The van der Waals surface area contributed by atoms with Gasteiger partial charge in [-0.05, 0) is 152 Å². The van der Waals surface area contributed by atoms with Gasteiger partial charge in [0, 0.05) is 78.8 Å². The van der Waals surface area contributed by atoms with Crippen molar-refractivity contribution in [2.24, 2.45) is 21.7 Å². The highest BCUT2D eigenvalue weighted by Gasteiger charge is 2.38. The van der Waals surface area contributed by atoms with Gasteiger partial charge in [0.2, 0.25) is 23.6 Å². The lowest BCUT2D eigenvalue weighted by Crippen LogP contribution is -2.34. The van der Waals surface area contributed by atoms with E-state index in [1.165, 1.54) is 19.6 Å². The number of carbonyl (C=O) groups excluding carboxylic acids is 8. The molecule has 4 aliphatic rings. The summed E-state index contributed by atoms with van der Waals surface area (Å²) in [5.41, 5.74) is 0.965. The summed E-state index contributed by atoms with van der Waals surface area (Å²) in [6.07, 6.45) is 24.3. The molecular formula is C63H114N8O10. The summed E-state index contributed by atoms with van der Waals surface area (Å²) in [4.78, 5) is 109. The number of unbranched alkanes of at least 4 members (excludes halogenated alkanes) is 7. The Morgan fingerprint density at radius 1 is 0.284 bits per heavy atom. The first-order valence-electron chi connectivity index (χ1n) is 31.8. The van der Waals surface area contributed by atoms with Gasteiger partial charge >= 0.3 is 24.1 Å². The van der Waals surface area contributed by atoms with E-state index in [0.717, 1.165) is 174 Å². The summed E-state index contributed by atoms with van der Waals surface area (Å²) >= 11 is 0. The Morgan fingerprint density at radius 3 is 0.667 bits per heavy atom. The monoisotopic (exact) mass is 1140 g/mol. The van der Waals surface area contributed by atoms with Crippen LogP contribution in [0.25, 0.3) is 0 Å². The van der Waals surface area contributed by atoms with Crippen molar-refractivity contribution in [2.45, 2.75) is 231 Å². The first-order chi connectivity index (χ1) is 38.3. The van der Waals surface area contributed by atoms with Crippen LogP contribution in [0.4, 0.5) is 19.2 Å². The zero-order valence-electron chi connectivity index (χ0n) is 53.2. The quantitative estimate of drug-likeness (QED) is 0.0421. The number of imide groups is 4. The molecule has 0 aliphatic carbocycles. The van der Waals surface area contributed by atoms with Gasteiger partial charge in [0.1, 0.15) is 26.2 Å². The van der Waals surface area contributed by atoms with Gasteiger partial charge in [-0.25, -0.2) is 19.2 Å². The van der Waals surface area contributed by atoms with Gasteiger partial charge in [-0.3, -0.25) is 38.8 Å². The molecule has 4 heterocycles. The molecule has 0 radical (unpaired) electrons. The highest BCUT2D eigenvalue weighted by molar-refractivity contribution is 6.03. The number of likely N-dealkylation sites (N-methyl/N-ethyl adjacent to an activating group) is 4. The molecule has 12 amide bonds. The number of hydrogen-bond donors (Lipinski definition) is 0. The number of rotatable bonds is 43. The van der Waals surface area contributed by atoms with E-state index in [1.807, 2.05) is 27.7 Å². The van der Waals surface area contributed by atoms with Crippen LogP contribution in [0.15, 0.2) is 0 Å². The van der Waals surface area contributed by atoms with Gasteiger partial charge in [0.25, 0.3) is 0 Å². The van der Waals surface area contributed by atoms with E-state index in [9.17, 15) is 38.4 Å². The molecule has 18 nitrogen and oxygen atoms in total. The molecule has 466 valence electrons. The Balaban J connectivity index is 0.000000425. The fourth-order valence-electron chi connectivity index (χ4n) is 11.5. The topological polar surface area (TPSA) is 181 Å². The van der Waals surface area contributed by atoms with Gasteiger partial charge in [-0.2, -0.15) is 0 Å². The van der Waals surface area contributed by atoms with Gasteiger partial charge in [0.05, 0.1) is 0 Å². The first kappa shape index (κ1) is 70.9. The number of urea groups is 4. The van der Waals surface area contributed by atoms with Crippen molar-refractivity contribution in [3.05, 3.63) is 0 Å². The van der Waals surface area contributed by atoms with Crippen LogP contribution in [-0.4, -0.2) is 192 Å². The van der Waals surface area contributed by atoms with Gasteiger partial charge in [-0.1, -0.05) is 100 Å². The summed E-state index contributed by atoms with van der Waals surface area (Å²) < 4.78 is 11.8. The predicted octanol–water partition coefficient (Wildman–Crippen LogP) is 12.2. The number of nitrogens with zero attached hydrogens (tertiary/aromatic N) is 8. The molecule has 0 aromatic carbocycles. The lowest BCUT2D eigenvalue weighted by Gasteiger charge is -2.26. The maximum Gasteiger partial charge on any atom is 0.327 e. The van der Waals surface area contributed by atoms with Crippen LogP contribution in [-0.2, 0) is 28.7 Å². The van der Waals surface area contributed by atoms with Crippen LogP contribution in [0.1, 0.15) is 231 Å². The van der Waals surface area contributed by atoms with Crippen molar-refractivity contribution < 1.29 is 47.8 Å². The SMILES string of the molecule is CCN1CC(=O)N(CCCCC(C)(C)CCCCOCCCCC(C)(C)CCCCN2C(=O)CN(CC)C2=O)C1=O.CCN1CC(=O)N(CCCCC(C)(C)CCCCOCCCCC(C)(C)CCCN2C(=O)CN(CC)C2=O)C1=O. The molecular weight excluding hydrogens is 1030 g/mol. The van der Waals surface area contributed by atoms with Crippen molar-refractivity contribution in [1.29, 1.82) is 0 Å². The summed E-state index contributed by atoms with van der Waals surface area (Å²) in [6.45, 7) is 34.6. The summed E-state index contributed by atoms with van der Waals surface area (Å²) in [7, 11) is 0. The molecule has 0 spiro atoms. The highest BCUT2D eigenvalue weighted by atomic mass is 16.5. The lowest BCUT2D eigenvalue weighted by atomic mass is 9.82. The highest BCUT2D eigenvalue weighted by Crippen LogP contribution is 2.33. The minimum absolute atomic E-state index is 0.0637. The molecule has 0 aromatic heterocycles. The lowest BCUT2D eigenvalue weighted by molar-refractivity contribution is -0.126.